The summed E-state index contributed by atoms with van der Waals surface area (Å²) in [6, 6.07) is 9.22. The third kappa shape index (κ3) is 3.47. The smallest absolute Gasteiger partial charge is 0.141 e. The van der Waals surface area contributed by atoms with Gasteiger partial charge in [-0.1, -0.05) is 28.1 Å². The molecule has 0 aliphatic heterocycles. The molecule has 0 saturated carbocycles. The zero-order valence-electron chi connectivity index (χ0n) is 12.0. The van der Waals surface area contributed by atoms with E-state index in [-0.39, 0.29) is 11.9 Å². The second-order valence-corrected chi connectivity index (χ2v) is 6.45. The van der Waals surface area contributed by atoms with E-state index in [0.717, 1.165) is 21.2 Å². The van der Waals surface area contributed by atoms with E-state index in [9.17, 15) is 4.39 Å². The Morgan fingerprint density at radius 3 is 2.43 bits per heavy atom. The fourth-order valence-corrected chi connectivity index (χ4v) is 2.90. The number of rotatable bonds is 4. The van der Waals surface area contributed by atoms with Crippen LogP contribution in [0, 0.1) is 12.7 Å². The lowest BCUT2D eigenvalue weighted by Crippen LogP contribution is -2.19. The first-order valence-electron chi connectivity index (χ1n) is 6.44. The zero-order valence-corrected chi connectivity index (χ0v) is 15.2. The first-order valence-corrected chi connectivity index (χ1v) is 8.02. The molecule has 112 valence electrons. The number of hydrogen-bond acceptors (Lipinski definition) is 2. The van der Waals surface area contributed by atoms with Crippen LogP contribution >= 0.6 is 31.9 Å². The number of halogens is 3. The van der Waals surface area contributed by atoms with Crippen molar-refractivity contribution in [1.82, 2.24) is 5.32 Å². The van der Waals surface area contributed by atoms with Gasteiger partial charge in [0.25, 0.3) is 0 Å². The maximum Gasteiger partial charge on any atom is 0.141 e. The van der Waals surface area contributed by atoms with Crippen LogP contribution in [0.1, 0.15) is 22.7 Å². The van der Waals surface area contributed by atoms with E-state index in [4.69, 9.17) is 4.74 Å². The first kappa shape index (κ1) is 16.5. The Labute approximate surface area is 141 Å². The van der Waals surface area contributed by atoms with Gasteiger partial charge in [-0.3, -0.25) is 0 Å². The monoisotopic (exact) mass is 415 g/mol. The number of methoxy groups -OCH3 is 1. The minimum Gasteiger partial charge on any atom is -0.496 e. The fraction of sp³-hybridized carbons (Fsp3) is 0.250. The summed E-state index contributed by atoms with van der Waals surface area (Å²) in [4.78, 5) is 0. The molecule has 0 aliphatic rings. The second kappa shape index (κ2) is 6.90. The van der Waals surface area contributed by atoms with Crippen molar-refractivity contribution < 1.29 is 9.13 Å². The van der Waals surface area contributed by atoms with Gasteiger partial charge in [0.2, 0.25) is 0 Å². The summed E-state index contributed by atoms with van der Waals surface area (Å²) >= 11 is 6.74. The molecule has 0 amide bonds. The van der Waals surface area contributed by atoms with Gasteiger partial charge in [-0.2, -0.15) is 0 Å². The standard InChI is InChI=1S/C16H16Br2FNO/c1-9-6-10(4-5-12(9)17)16(20-2)11-7-13(18)14(19)8-15(11)21-3/h4-8,16,20H,1-3H3. The predicted molar refractivity (Wildman–Crippen MR) is 90.4 cm³/mol. The van der Waals surface area contributed by atoms with E-state index in [2.05, 4.69) is 43.2 Å². The molecular formula is C16H16Br2FNO. The van der Waals surface area contributed by atoms with Gasteiger partial charge in [-0.05, 0) is 53.2 Å². The molecule has 2 aromatic carbocycles. The van der Waals surface area contributed by atoms with Crippen molar-refractivity contribution in [3.8, 4) is 5.75 Å². The summed E-state index contributed by atoms with van der Waals surface area (Å²) < 4.78 is 20.5. The number of aryl methyl sites for hydroxylation is 1. The van der Waals surface area contributed by atoms with Crippen molar-refractivity contribution in [2.24, 2.45) is 0 Å². The second-order valence-electron chi connectivity index (χ2n) is 4.74. The third-order valence-electron chi connectivity index (χ3n) is 3.39. The topological polar surface area (TPSA) is 21.3 Å². The summed E-state index contributed by atoms with van der Waals surface area (Å²) in [5.74, 6) is 0.188. The van der Waals surface area contributed by atoms with E-state index < -0.39 is 0 Å². The van der Waals surface area contributed by atoms with Gasteiger partial charge in [0, 0.05) is 16.1 Å². The van der Waals surface area contributed by atoms with Gasteiger partial charge in [-0.15, -0.1) is 0 Å². The van der Waals surface area contributed by atoms with Crippen LogP contribution in [-0.2, 0) is 0 Å². The van der Waals surface area contributed by atoms with E-state index in [1.807, 2.05) is 26.1 Å². The molecular weight excluding hydrogens is 401 g/mol. The van der Waals surface area contributed by atoms with Crippen LogP contribution in [0.3, 0.4) is 0 Å². The molecule has 1 atom stereocenters. The molecule has 0 heterocycles. The lowest BCUT2D eigenvalue weighted by molar-refractivity contribution is 0.401. The Bertz CT molecular complexity index is 661. The molecule has 0 spiro atoms. The average molecular weight is 417 g/mol. The molecule has 0 saturated heterocycles. The zero-order chi connectivity index (χ0) is 15.6. The van der Waals surface area contributed by atoms with Gasteiger partial charge < -0.3 is 10.1 Å². The molecule has 0 aliphatic carbocycles. The Kier molecular flexibility index (Phi) is 5.41. The molecule has 0 radical (unpaired) electrons. The quantitative estimate of drug-likeness (QED) is 0.759. The van der Waals surface area contributed by atoms with Crippen molar-refractivity contribution in [1.29, 1.82) is 0 Å². The Hall–Kier alpha value is -0.910. The number of ether oxygens (including phenoxy) is 1. The highest BCUT2D eigenvalue weighted by molar-refractivity contribution is 9.10. The lowest BCUT2D eigenvalue weighted by Gasteiger charge is -2.21. The number of nitrogens with one attached hydrogen (secondary N) is 1. The van der Waals surface area contributed by atoms with Crippen molar-refractivity contribution in [3.05, 3.63) is 61.8 Å². The largest absolute Gasteiger partial charge is 0.496 e. The molecule has 2 aromatic rings. The van der Waals surface area contributed by atoms with Crippen LogP contribution in [0.15, 0.2) is 39.3 Å². The molecule has 2 rings (SSSR count). The third-order valence-corrected chi connectivity index (χ3v) is 4.89. The molecule has 0 bridgehead atoms. The van der Waals surface area contributed by atoms with Gasteiger partial charge in [-0.25, -0.2) is 4.39 Å². The lowest BCUT2D eigenvalue weighted by atomic mass is 9.96. The fourth-order valence-electron chi connectivity index (χ4n) is 2.30. The van der Waals surface area contributed by atoms with Crippen LogP contribution in [-0.4, -0.2) is 14.2 Å². The Morgan fingerprint density at radius 1 is 1.14 bits per heavy atom. The summed E-state index contributed by atoms with van der Waals surface area (Å²) in [7, 11) is 3.42. The van der Waals surface area contributed by atoms with Crippen LogP contribution in [0.25, 0.3) is 0 Å². The highest BCUT2D eigenvalue weighted by Crippen LogP contribution is 2.34. The molecule has 0 fully saturated rings. The molecule has 21 heavy (non-hydrogen) atoms. The van der Waals surface area contributed by atoms with Gasteiger partial charge in [0.05, 0.1) is 17.6 Å². The van der Waals surface area contributed by atoms with Crippen LogP contribution in [0.5, 0.6) is 5.75 Å². The summed E-state index contributed by atoms with van der Waals surface area (Å²) in [6.45, 7) is 2.04. The van der Waals surface area contributed by atoms with Crippen molar-refractivity contribution in [3.63, 3.8) is 0 Å². The highest BCUT2D eigenvalue weighted by atomic mass is 79.9. The van der Waals surface area contributed by atoms with Crippen molar-refractivity contribution >= 4 is 31.9 Å². The SMILES string of the molecule is CNC(c1ccc(Br)c(C)c1)c1cc(Br)c(F)cc1OC. The van der Waals surface area contributed by atoms with Crippen molar-refractivity contribution in [2.45, 2.75) is 13.0 Å². The Morgan fingerprint density at radius 2 is 1.86 bits per heavy atom. The maximum atomic E-state index is 13.7. The minimum atomic E-state index is -0.336. The van der Waals surface area contributed by atoms with E-state index in [1.165, 1.54) is 6.07 Å². The number of benzene rings is 2. The normalized spacial score (nSPS) is 12.3. The Balaban J connectivity index is 2.55. The minimum absolute atomic E-state index is 0.0800. The van der Waals surface area contributed by atoms with Crippen LogP contribution < -0.4 is 10.1 Å². The van der Waals surface area contributed by atoms with Gasteiger partial charge in [0.15, 0.2) is 0 Å². The predicted octanol–water partition coefficient (Wildman–Crippen LogP) is 4.98. The summed E-state index contributed by atoms with van der Waals surface area (Å²) in [5.41, 5.74) is 3.12. The summed E-state index contributed by atoms with van der Waals surface area (Å²) in [5, 5.41) is 3.26. The molecule has 2 nitrogen and oxygen atoms in total. The van der Waals surface area contributed by atoms with Gasteiger partial charge >= 0.3 is 0 Å². The van der Waals surface area contributed by atoms with E-state index >= 15 is 0 Å². The average Bonchev–Trinajstić information content (AvgIpc) is 2.46. The van der Waals surface area contributed by atoms with E-state index in [0.29, 0.717) is 10.2 Å². The summed E-state index contributed by atoms with van der Waals surface area (Å²) in [6.07, 6.45) is 0. The van der Waals surface area contributed by atoms with E-state index in [1.54, 1.807) is 13.2 Å². The molecule has 0 aromatic heterocycles. The molecule has 1 N–H and O–H groups in total. The highest BCUT2D eigenvalue weighted by Gasteiger charge is 2.19. The van der Waals surface area contributed by atoms with Crippen LogP contribution in [0.2, 0.25) is 0 Å². The van der Waals surface area contributed by atoms with Crippen LogP contribution in [0.4, 0.5) is 4.39 Å². The van der Waals surface area contributed by atoms with Gasteiger partial charge in [0.1, 0.15) is 11.6 Å². The first-order chi connectivity index (χ1) is 9.97. The molecule has 1 unspecified atom stereocenters. The maximum absolute atomic E-state index is 13.7. The van der Waals surface area contributed by atoms with Crippen molar-refractivity contribution in [2.75, 3.05) is 14.2 Å². The number of hydrogen-bond donors (Lipinski definition) is 1. The molecule has 5 heteroatoms.